The van der Waals surface area contributed by atoms with E-state index in [2.05, 4.69) is 20.3 Å². The van der Waals surface area contributed by atoms with Gasteiger partial charge in [-0.05, 0) is 224 Å². The first-order valence-electron chi connectivity index (χ1n) is 28.5. The Labute approximate surface area is 544 Å². The maximum atomic E-state index is 13.1. The second kappa shape index (κ2) is 32.7. The maximum Gasteiger partial charge on any atom is 0.267 e. The smallest absolute Gasteiger partial charge is 0.267 e. The number of pyridine rings is 3. The maximum absolute atomic E-state index is 13.1. The highest BCUT2D eigenvalue weighted by Crippen LogP contribution is 2.32. The minimum Gasteiger partial charge on any atom is -0.497 e. The predicted molar refractivity (Wildman–Crippen MR) is 356 cm³/mol. The van der Waals surface area contributed by atoms with Crippen LogP contribution in [0.3, 0.4) is 0 Å². The van der Waals surface area contributed by atoms with Crippen LogP contribution in [0.2, 0.25) is 5.02 Å². The second-order valence-electron chi connectivity index (χ2n) is 20.2. The van der Waals surface area contributed by atoms with Gasteiger partial charge in [-0.2, -0.15) is 0 Å². The van der Waals surface area contributed by atoms with Gasteiger partial charge in [-0.15, -0.1) is 0 Å². The Morgan fingerprint density at radius 3 is 1.16 bits per heavy atom. The van der Waals surface area contributed by atoms with E-state index >= 15 is 0 Å². The van der Waals surface area contributed by atoms with E-state index in [0.29, 0.717) is 92.6 Å². The summed E-state index contributed by atoms with van der Waals surface area (Å²) in [6.07, 6.45) is 0. The van der Waals surface area contributed by atoms with E-state index in [1.54, 1.807) is 143 Å². The highest BCUT2D eigenvalue weighted by molar-refractivity contribution is 6.31. The molecule has 0 spiro atoms. The topological polar surface area (TPSA) is 287 Å². The molecule has 11 aromatic rings. The molecule has 0 unspecified atom stereocenters. The summed E-state index contributed by atoms with van der Waals surface area (Å²) >= 11 is 5.99. The molecule has 0 aliphatic carbocycles. The first-order valence-corrected chi connectivity index (χ1v) is 28.9. The molecule has 0 fully saturated rings. The van der Waals surface area contributed by atoms with E-state index in [-0.39, 0.29) is 34.5 Å². The average Bonchev–Trinajstić information content (AvgIpc) is 0.950. The number of carbonyl (C=O) groups is 3. The first kappa shape index (κ1) is 68.0. The number of carbonyl (C=O) groups excluding carboxylic acids is 3. The van der Waals surface area contributed by atoms with Gasteiger partial charge >= 0.3 is 0 Å². The lowest BCUT2D eigenvalue weighted by molar-refractivity contribution is 0.0987. The van der Waals surface area contributed by atoms with Crippen molar-refractivity contribution in [3.05, 3.63) is 275 Å². The predicted octanol–water partition coefficient (Wildman–Crippen LogP) is 14.7. The molecule has 3 heterocycles. The minimum atomic E-state index is -0.644. The standard InChI is InChI=1S/C27H24FN3O4.C18H12ClFN2O2.C18H14FN3O2.C9H13NO/c1-33-23-10-5-18(26(15-23)34-2)16-30-20-13-24(31-25(14-20)27(29)32)17-3-8-21(9-4-17)35-22-11-6-19(28)7-12-22;19-12-9-16(22-17(10-12)18(21)23)11-1-5-14(6-2-11)24-15-7-3-13(20)4-8-15;19-12-3-7-15(8-4-12)24-14-5-1-11(2-6-14)16-9-13(20)10-17(22-16)18(21)23;1-7-5-9(11-2)4-3-8(7)6-10/h3-15H,16H2,1-2H3,(H2,29,32)(H,30,31);1-10H,(H2,21,23);1-10H,(H2,20,22)(H2,21,23);3-5H,6,10H2,1-2H3. The Kier molecular flexibility index (Phi) is 23.6. The molecule has 0 aliphatic heterocycles. The van der Waals surface area contributed by atoms with E-state index in [4.69, 9.17) is 68.7 Å². The molecule has 0 saturated heterocycles. The van der Waals surface area contributed by atoms with E-state index < -0.39 is 17.7 Å². The Morgan fingerprint density at radius 1 is 0.426 bits per heavy atom. The van der Waals surface area contributed by atoms with Crippen molar-refractivity contribution >= 4 is 40.7 Å². The number of nitrogen functional groups attached to an aromatic ring is 1. The van der Waals surface area contributed by atoms with Crippen molar-refractivity contribution in [3.63, 3.8) is 0 Å². The van der Waals surface area contributed by atoms with Crippen molar-refractivity contribution < 1.29 is 56.0 Å². The Morgan fingerprint density at radius 2 is 0.777 bits per heavy atom. The summed E-state index contributed by atoms with van der Waals surface area (Å²) in [5, 5.41) is 3.68. The Bertz CT molecular complexity index is 4230. The summed E-state index contributed by atoms with van der Waals surface area (Å²) in [4.78, 5) is 47.2. The largest absolute Gasteiger partial charge is 0.497 e. The molecular formula is C72H63ClF3N9O9. The van der Waals surface area contributed by atoms with E-state index in [1.165, 1.54) is 59.7 Å². The number of aryl methyl sites for hydroxylation is 1. The van der Waals surface area contributed by atoms with Gasteiger partial charge in [0.25, 0.3) is 17.7 Å². The summed E-state index contributed by atoms with van der Waals surface area (Å²) in [6, 6.07) is 59.6. The van der Waals surface area contributed by atoms with Crippen molar-refractivity contribution in [1.82, 2.24) is 15.0 Å². The van der Waals surface area contributed by atoms with Crippen LogP contribution < -0.4 is 62.4 Å². The normalized spacial score (nSPS) is 10.4. The molecule has 94 heavy (non-hydrogen) atoms. The minimum absolute atomic E-state index is 0.101. The van der Waals surface area contributed by atoms with Crippen molar-refractivity contribution in [3.8, 4) is 85.5 Å². The molecule has 0 bridgehead atoms. The second-order valence-corrected chi connectivity index (χ2v) is 20.7. The third-order valence-electron chi connectivity index (χ3n) is 13.6. The first-order chi connectivity index (χ1) is 45.2. The SMILES string of the molecule is COc1ccc(CN)c(C)c1.COc1ccc(CNc2cc(C(N)=O)nc(-c3ccc(Oc4ccc(F)cc4)cc3)c2)c(OC)c1.NC(=O)c1cc(Cl)cc(-c2ccc(Oc3ccc(F)cc3)cc2)n1.NC(=O)c1cc(N)cc(-c2ccc(Oc3ccc(F)cc3)cc2)n1. The van der Waals surface area contributed by atoms with Gasteiger partial charge in [0.2, 0.25) is 0 Å². The van der Waals surface area contributed by atoms with Gasteiger partial charge in [0.05, 0.1) is 38.4 Å². The molecule has 478 valence electrons. The highest BCUT2D eigenvalue weighted by atomic mass is 35.5. The molecule has 0 saturated carbocycles. The van der Waals surface area contributed by atoms with Crippen LogP contribution in [0.5, 0.6) is 51.7 Å². The summed E-state index contributed by atoms with van der Waals surface area (Å²) in [5.74, 6) is 2.70. The van der Waals surface area contributed by atoms with Crippen molar-refractivity contribution in [2.75, 3.05) is 32.4 Å². The molecule has 8 aromatic carbocycles. The zero-order valence-electron chi connectivity index (χ0n) is 51.1. The summed E-state index contributed by atoms with van der Waals surface area (Å²) < 4.78 is 71.6. The van der Waals surface area contributed by atoms with Crippen molar-refractivity contribution in [2.45, 2.75) is 20.0 Å². The summed E-state index contributed by atoms with van der Waals surface area (Å²) in [5.41, 5.74) is 35.9. The number of anilines is 2. The van der Waals surface area contributed by atoms with Gasteiger partial charge in [-0.25, -0.2) is 28.1 Å². The van der Waals surface area contributed by atoms with E-state index in [1.807, 2.05) is 55.5 Å². The number of hydrogen-bond donors (Lipinski definition) is 6. The molecule has 18 nitrogen and oxygen atoms in total. The average molecular weight is 1290 g/mol. The fourth-order valence-corrected chi connectivity index (χ4v) is 8.93. The zero-order chi connectivity index (χ0) is 67.3. The molecule has 0 radical (unpaired) electrons. The Hall–Kier alpha value is -11.9. The number of nitrogens with two attached hydrogens (primary N) is 5. The van der Waals surface area contributed by atoms with Crippen LogP contribution in [-0.2, 0) is 13.1 Å². The highest BCUT2D eigenvalue weighted by Gasteiger charge is 2.14. The van der Waals surface area contributed by atoms with Crippen LogP contribution in [0.25, 0.3) is 33.8 Å². The fraction of sp³-hybridized carbons (Fsp3) is 0.0833. The van der Waals surface area contributed by atoms with Gasteiger partial charge in [0.1, 0.15) is 86.3 Å². The summed E-state index contributed by atoms with van der Waals surface area (Å²) in [6.45, 7) is 3.07. The molecule has 22 heteroatoms. The van der Waals surface area contributed by atoms with Crippen molar-refractivity contribution in [2.24, 2.45) is 22.9 Å². The summed E-state index contributed by atoms with van der Waals surface area (Å²) in [7, 11) is 4.85. The molecule has 3 amide bonds. The Balaban J connectivity index is 0.000000171. The molecule has 11 rings (SSSR count). The van der Waals surface area contributed by atoms with Crippen LogP contribution >= 0.6 is 11.6 Å². The van der Waals surface area contributed by atoms with Gasteiger partial charge in [-0.1, -0.05) is 17.7 Å². The molecule has 3 aromatic heterocycles. The number of benzene rings is 8. The fourth-order valence-electron chi connectivity index (χ4n) is 8.72. The lowest BCUT2D eigenvalue weighted by Gasteiger charge is -2.13. The number of methoxy groups -OCH3 is 3. The van der Waals surface area contributed by atoms with Crippen LogP contribution in [0, 0.1) is 24.4 Å². The van der Waals surface area contributed by atoms with Gasteiger partial charge in [0.15, 0.2) is 0 Å². The number of halogens is 4. The van der Waals surface area contributed by atoms with E-state index in [0.717, 1.165) is 28.0 Å². The molecular weight excluding hydrogens is 1230 g/mol. The monoisotopic (exact) mass is 1290 g/mol. The number of hydrogen-bond acceptors (Lipinski definition) is 15. The number of primary amides is 3. The lowest BCUT2D eigenvalue weighted by atomic mass is 10.1. The van der Waals surface area contributed by atoms with Gasteiger partial charge < -0.3 is 62.4 Å². The zero-order valence-corrected chi connectivity index (χ0v) is 51.9. The van der Waals surface area contributed by atoms with E-state index in [9.17, 15) is 27.6 Å². The van der Waals surface area contributed by atoms with Crippen LogP contribution in [0.15, 0.2) is 218 Å². The van der Waals surface area contributed by atoms with Crippen LogP contribution in [0.4, 0.5) is 24.5 Å². The van der Waals surface area contributed by atoms with Gasteiger partial charge in [-0.3, -0.25) is 14.4 Å². The number of amides is 3. The van der Waals surface area contributed by atoms with Crippen LogP contribution in [0.1, 0.15) is 48.2 Å². The third-order valence-corrected chi connectivity index (χ3v) is 13.8. The molecule has 11 N–H and O–H groups in total. The molecule has 0 atom stereocenters. The van der Waals surface area contributed by atoms with Crippen LogP contribution in [-0.4, -0.2) is 54.0 Å². The number of nitrogens with zero attached hydrogens (tertiary/aromatic N) is 3. The quantitative estimate of drug-likeness (QED) is 0.0439. The number of aromatic nitrogens is 3. The number of rotatable bonds is 19. The van der Waals surface area contributed by atoms with Crippen molar-refractivity contribution in [1.29, 1.82) is 0 Å². The number of nitrogens with one attached hydrogen (secondary N) is 1. The molecule has 0 aliphatic rings. The third kappa shape index (κ3) is 19.8. The lowest BCUT2D eigenvalue weighted by Crippen LogP contribution is -2.14. The number of ether oxygens (including phenoxy) is 6. The van der Waals surface area contributed by atoms with Gasteiger partial charge in [0, 0.05) is 57.8 Å².